The minimum absolute atomic E-state index is 0.0615. The van der Waals surface area contributed by atoms with Gasteiger partial charge in [0.2, 0.25) is 0 Å². The zero-order valence-corrected chi connectivity index (χ0v) is 44.7. The van der Waals surface area contributed by atoms with E-state index in [0.29, 0.717) is 78.5 Å². The molecule has 6 nitrogen and oxygen atoms in total. The maximum absolute atomic E-state index is 14.3. The van der Waals surface area contributed by atoms with E-state index in [-0.39, 0.29) is 44.0 Å². The molecule has 0 aromatic carbocycles. The lowest BCUT2D eigenvalue weighted by atomic mass is 9.54. The largest absolute Gasteiger partial charge is 0.465 e. The third kappa shape index (κ3) is 4.30. The smallest absolute Gasteiger partial charge is 0.315 e. The van der Waals surface area contributed by atoms with E-state index in [4.69, 9.17) is 14.2 Å². The Kier molecular flexibility index (Phi) is 8.87. The number of fused-ring (bicyclic) bond motifs is 5. The maximum atomic E-state index is 14.3. The molecule has 16 aliphatic carbocycles. The minimum atomic E-state index is -0.526. The Bertz CT molecular complexity index is 2920. The van der Waals surface area contributed by atoms with Crippen molar-refractivity contribution < 1.29 is 28.6 Å². The van der Waals surface area contributed by atoms with Crippen LogP contribution in [0.25, 0.3) is 0 Å². The predicted molar refractivity (Wildman–Crippen MR) is 280 cm³/mol. The van der Waals surface area contributed by atoms with Crippen LogP contribution < -0.4 is 0 Å². The predicted octanol–water partition coefficient (Wildman–Crippen LogP) is 11.7. The molecule has 5 saturated carbocycles. The first-order valence-corrected chi connectivity index (χ1v) is 32.0. The summed E-state index contributed by atoms with van der Waals surface area (Å²) in [4.78, 5) is 42.8. The van der Waals surface area contributed by atoms with Gasteiger partial charge in [-0.05, 0) is 221 Å². The average molecular weight is 1020 g/mol. The van der Waals surface area contributed by atoms with E-state index < -0.39 is 9.49 Å². The Morgan fingerprint density at radius 2 is 0.899 bits per heavy atom. The number of hydrogen-bond donors (Lipinski definition) is 0. The third-order valence-corrected chi connectivity index (χ3v) is 28.6. The molecule has 0 radical (unpaired) electrons. The van der Waals surface area contributed by atoms with E-state index in [1.807, 2.05) is 72.8 Å². The van der Waals surface area contributed by atoms with Crippen LogP contribution in [0.3, 0.4) is 0 Å². The third-order valence-electron chi connectivity index (χ3n) is 20.8. The van der Waals surface area contributed by atoms with E-state index in [1.54, 1.807) is 72.5 Å². The molecule has 0 spiro atoms. The first-order chi connectivity index (χ1) is 33.7. The van der Waals surface area contributed by atoms with Crippen molar-refractivity contribution in [3.05, 3.63) is 101 Å². The van der Waals surface area contributed by atoms with Crippen molar-refractivity contribution in [2.45, 2.75) is 123 Å². The second-order valence-electron chi connectivity index (χ2n) is 22.8. The van der Waals surface area contributed by atoms with E-state index >= 15 is 0 Å². The molecular formula is C58H62O6S5. The Morgan fingerprint density at radius 1 is 0.449 bits per heavy atom. The van der Waals surface area contributed by atoms with Crippen LogP contribution in [0.4, 0.5) is 0 Å². The summed E-state index contributed by atoms with van der Waals surface area (Å²) in [5.41, 5.74) is 27.0. The molecule has 5 fully saturated rings. The van der Waals surface area contributed by atoms with Crippen LogP contribution in [0.2, 0.25) is 0 Å². The van der Waals surface area contributed by atoms with Gasteiger partial charge in [0.25, 0.3) is 0 Å². The second-order valence-corrected chi connectivity index (χ2v) is 29.0. The van der Waals surface area contributed by atoms with Gasteiger partial charge in [-0.1, -0.05) is 26.0 Å². The monoisotopic (exact) mass is 1010 g/mol. The van der Waals surface area contributed by atoms with Crippen molar-refractivity contribution in [3.8, 4) is 0 Å². The molecule has 0 aromatic rings. The molecule has 8 unspecified atom stereocenters. The number of carbonyl (C=O) groups excluding carboxylic acids is 3. The van der Waals surface area contributed by atoms with Gasteiger partial charge in [0, 0.05) is 17.8 Å². The number of rotatable bonds is 18. The van der Waals surface area contributed by atoms with Gasteiger partial charge in [0.15, 0.2) is 0 Å². The fourth-order valence-corrected chi connectivity index (χ4v) is 28.4. The minimum Gasteiger partial charge on any atom is -0.465 e. The van der Waals surface area contributed by atoms with Crippen LogP contribution in [-0.4, -0.2) is 90.2 Å². The molecule has 0 aromatic heterocycles. The van der Waals surface area contributed by atoms with Crippen molar-refractivity contribution in [3.63, 3.8) is 0 Å². The first kappa shape index (κ1) is 43.2. The number of allylic oxidation sites excluding steroid dienone is 4. The SMILES string of the molecule is CCCS[C@@]12C3=C4C5CC=C3C3CCC6C(=C31)[C@]1(SCCC)C3=C7C(CCC36)C3CCC6C8=C3[C@]7(SCC(=O)OCC)[C@@H]3C7=C(C2=C31)[C@]4(SCC(=O)OCC)C1=C(C6CC=C15)[C@@]87SCC(=O)OCC. The van der Waals surface area contributed by atoms with Crippen LogP contribution in [0.1, 0.15) is 98.8 Å². The molecule has 0 bridgehead atoms. The topological polar surface area (TPSA) is 78.9 Å². The molecule has 0 amide bonds. The van der Waals surface area contributed by atoms with Crippen LogP contribution in [-0.2, 0) is 28.6 Å². The van der Waals surface area contributed by atoms with Crippen LogP contribution in [0.5, 0.6) is 0 Å². The van der Waals surface area contributed by atoms with Gasteiger partial charge in [-0.15, -0.1) is 58.8 Å². The lowest BCUT2D eigenvalue weighted by molar-refractivity contribution is -0.140. The number of carbonyl (C=O) groups is 3. The van der Waals surface area contributed by atoms with Gasteiger partial charge in [0.1, 0.15) is 0 Å². The summed E-state index contributed by atoms with van der Waals surface area (Å²) in [6, 6.07) is 0. The van der Waals surface area contributed by atoms with E-state index in [1.165, 1.54) is 38.5 Å². The quantitative estimate of drug-likeness (QED) is 0.0748. The highest BCUT2D eigenvalue weighted by Crippen LogP contribution is 2.93. The van der Waals surface area contributed by atoms with Gasteiger partial charge < -0.3 is 14.2 Å². The molecule has 11 heteroatoms. The Labute approximate surface area is 428 Å². The molecular weight excluding hydrogens is 953 g/mol. The summed E-state index contributed by atoms with van der Waals surface area (Å²) < 4.78 is 16.0. The number of ether oxygens (including phenoxy) is 3. The zero-order chi connectivity index (χ0) is 46.5. The van der Waals surface area contributed by atoms with Gasteiger partial charge in [-0.3, -0.25) is 14.4 Å². The van der Waals surface area contributed by atoms with Gasteiger partial charge in [-0.2, -0.15) is 0 Å². The molecule has 0 N–H and O–H groups in total. The zero-order valence-electron chi connectivity index (χ0n) is 40.6. The summed E-state index contributed by atoms with van der Waals surface area (Å²) in [6.45, 7) is 11.8. The van der Waals surface area contributed by atoms with Crippen molar-refractivity contribution in [1.82, 2.24) is 0 Å². The number of thioether (sulfide) groups is 5. The van der Waals surface area contributed by atoms with Crippen LogP contribution in [0, 0.1) is 53.3 Å². The molecule has 16 aliphatic rings. The fraction of sp³-hybridized carbons (Fsp3) is 0.638. The van der Waals surface area contributed by atoms with Gasteiger partial charge in [0.05, 0.1) is 60.8 Å². The second kappa shape index (κ2) is 14.1. The molecule has 16 rings (SSSR count). The Balaban J connectivity index is 1.15. The normalized spacial score (nSPS) is 43.6. The van der Waals surface area contributed by atoms with Crippen LogP contribution in [0.15, 0.2) is 101 Å². The molecule has 69 heavy (non-hydrogen) atoms. The average Bonchev–Trinajstić information content (AvgIpc) is 4.18. The highest BCUT2D eigenvalue weighted by atomic mass is 32.2. The van der Waals surface area contributed by atoms with E-state index in [9.17, 15) is 14.4 Å². The lowest BCUT2D eigenvalue weighted by Crippen LogP contribution is -2.58. The highest BCUT2D eigenvalue weighted by molar-refractivity contribution is 8.03. The van der Waals surface area contributed by atoms with Gasteiger partial charge in [-0.25, -0.2) is 0 Å². The molecule has 360 valence electrons. The van der Waals surface area contributed by atoms with Crippen molar-refractivity contribution >= 4 is 76.7 Å². The number of hydrogen-bond acceptors (Lipinski definition) is 11. The van der Waals surface area contributed by atoms with Crippen molar-refractivity contribution in [2.75, 3.05) is 48.6 Å². The van der Waals surface area contributed by atoms with Crippen LogP contribution >= 0.6 is 58.8 Å². The number of esters is 3. The lowest BCUT2D eigenvalue weighted by Gasteiger charge is -2.60. The Hall–Kier alpha value is -2.18. The van der Waals surface area contributed by atoms with Crippen molar-refractivity contribution in [1.29, 1.82) is 0 Å². The summed E-state index contributed by atoms with van der Waals surface area (Å²) in [5, 5.41) is 0. The highest BCUT2D eigenvalue weighted by Gasteiger charge is 2.87. The molecule has 0 heterocycles. The standard InChI is InChI=1S/C58H62O6S5/c1-6-21-65-54-39-26-11-12-27-29-14-16-31-33-18-20-35-34-19-17-32-30-15-13-28(26)41(54)43(30)56(67-23-36(59)62-8-3)45(32)47(34)58(69-25-38(61)64-10-5)48(35)46(33)57(68-24-37(60)63-9-4)44(31)42(29)55(40(27)39,66-22-7-2)50-49(54)51(56)53(58)52(50)57/h13,17,26-27,29-31,33-35,52H,6-12,14-16,18-25H2,1-5H3/t26?,27?,29?,30?,31?,33?,34?,35?,52-,54+,55-,56+,57-,58+/m0/s1. The molecule has 14 atom stereocenters. The van der Waals surface area contributed by atoms with E-state index in [0.717, 1.165) is 37.2 Å². The summed E-state index contributed by atoms with van der Waals surface area (Å²) in [5.74, 6) is 6.30. The maximum Gasteiger partial charge on any atom is 0.315 e. The first-order valence-electron chi connectivity index (χ1n) is 27.1. The Morgan fingerprint density at radius 3 is 1.49 bits per heavy atom. The fourth-order valence-electron chi connectivity index (χ4n) is 20.2. The summed E-state index contributed by atoms with van der Waals surface area (Å²) >= 11 is 10.6. The van der Waals surface area contributed by atoms with E-state index in [2.05, 4.69) is 49.5 Å². The summed E-state index contributed by atoms with van der Waals surface area (Å²) in [6.07, 6.45) is 17.2. The molecule has 0 aliphatic heterocycles. The van der Waals surface area contributed by atoms with Crippen molar-refractivity contribution in [2.24, 2.45) is 53.3 Å². The molecule has 0 saturated heterocycles. The van der Waals surface area contributed by atoms with Gasteiger partial charge >= 0.3 is 17.9 Å². The summed E-state index contributed by atoms with van der Waals surface area (Å²) in [7, 11) is 0.